The number of carbonyl (C=O) groups excluding carboxylic acids is 6. The van der Waals surface area contributed by atoms with Crippen LogP contribution >= 0.6 is 23.2 Å². The number of halogens is 2. The zero-order chi connectivity index (χ0) is 42.4. The smallest absolute Gasteiger partial charge is 0.347 e. The number of aryl methyl sites for hydroxylation is 1. The number of benzene rings is 2. The van der Waals surface area contributed by atoms with Crippen molar-refractivity contribution in [3.8, 4) is 0 Å². The molecule has 1 aliphatic rings. The predicted molar refractivity (Wildman–Crippen MR) is 216 cm³/mol. The lowest BCUT2D eigenvalue weighted by Crippen LogP contribution is -2.51. The Morgan fingerprint density at radius 3 is 2.21 bits per heavy atom. The van der Waals surface area contributed by atoms with Gasteiger partial charge in [0.05, 0.1) is 10.8 Å². The monoisotopic (exact) mass is 830 g/mol. The van der Waals surface area contributed by atoms with Gasteiger partial charge in [0, 0.05) is 43.2 Å². The number of hydrogen-bond acceptors (Lipinski definition) is 10. The van der Waals surface area contributed by atoms with Gasteiger partial charge in [0.15, 0.2) is 6.10 Å². The summed E-state index contributed by atoms with van der Waals surface area (Å²) >= 11 is 13.4. The van der Waals surface area contributed by atoms with Crippen molar-refractivity contribution in [3.63, 3.8) is 0 Å². The molecular formula is C43H56Cl2N2O10. The van der Waals surface area contributed by atoms with Crippen LogP contribution in [-0.4, -0.2) is 66.6 Å². The molecule has 0 aliphatic carbocycles. The normalized spacial score (nSPS) is 21.6. The second kappa shape index (κ2) is 21.9. The van der Waals surface area contributed by atoms with Crippen molar-refractivity contribution >= 4 is 58.9 Å². The number of alkyl halides is 1. The fourth-order valence-corrected chi connectivity index (χ4v) is 6.51. The first-order valence-corrected chi connectivity index (χ1v) is 20.2. The van der Waals surface area contributed by atoms with E-state index in [0.29, 0.717) is 16.1 Å². The molecule has 1 heterocycles. The van der Waals surface area contributed by atoms with Gasteiger partial charge in [-0.1, -0.05) is 88.7 Å². The predicted octanol–water partition coefficient (Wildman–Crippen LogP) is 7.04. The second-order valence-corrected chi connectivity index (χ2v) is 16.3. The minimum absolute atomic E-state index is 0.0376. The molecule has 0 saturated heterocycles. The van der Waals surface area contributed by atoms with E-state index in [1.165, 1.54) is 12.2 Å². The summed E-state index contributed by atoms with van der Waals surface area (Å²) in [6, 6.07) is 11.3. The van der Waals surface area contributed by atoms with Crippen LogP contribution in [0, 0.1) is 24.2 Å². The van der Waals surface area contributed by atoms with E-state index >= 15 is 0 Å². The number of nitrogens with one attached hydrogen (secondary N) is 2. The SMILES string of the molecule is CCC(=O)OCc1ccc(C(Cl)C(OC(=O)CC)C(C)C2C/C=C/C(=O)NC(Cc3ccc(C)c(Cl)c3)C(=O)NCC(C)(C)C(=O)OC(CC(C)C)C(=O)O2)cc1. The topological polar surface area (TPSA) is 163 Å². The highest BCUT2D eigenvalue weighted by Crippen LogP contribution is 2.35. The van der Waals surface area contributed by atoms with Crippen LogP contribution < -0.4 is 10.6 Å². The number of rotatable bonds is 13. The molecule has 0 spiro atoms. The van der Waals surface area contributed by atoms with E-state index in [4.69, 9.17) is 42.1 Å². The van der Waals surface area contributed by atoms with Crippen molar-refractivity contribution in [1.29, 1.82) is 0 Å². The summed E-state index contributed by atoms with van der Waals surface area (Å²) < 4.78 is 23.1. The number of ether oxygens (including phenoxy) is 4. The van der Waals surface area contributed by atoms with E-state index in [9.17, 15) is 28.8 Å². The van der Waals surface area contributed by atoms with Crippen molar-refractivity contribution in [2.45, 2.75) is 124 Å². The Hall–Kier alpha value is -4.42. The van der Waals surface area contributed by atoms with Gasteiger partial charge in [0.2, 0.25) is 11.8 Å². The van der Waals surface area contributed by atoms with E-state index in [-0.39, 0.29) is 57.1 Å². The number of esters is 4. The van der Waals surface area contributed by atoms with E-state index in [1.54, 1.807) is 65.0 Å². The molecule has 2 N–H and O–H groups in total. The molecule has 14 heteroatoms. The van der Waals surface area contributed by atoms with Gasteiger partial charge in [-0.25, -0.2) is 4.79 Å². The fourth-order valence-electron chi connectivity index (χ4n) is 5.88. The highest BCUT2D eigenvalue weighted by Gasteiger charge is 2.40. The number of cyclic esters (lactones) is 2. The molecule has 2 aromatic carbocycles. The molecule has 1 aliphatic heterocycles. The summed E-state index contributed by atoms with van der Waals surface area (Å²) in [5.74, 6) is -4.42. The standard InChI is InChI=1S/C43H56Cl2N2O10/c1-9-36(49)54-23-28-16-18-30(19-17-28)38(45)39(57-37(50)10-2)27(6)33-12-11-13-35(48)47-32(22-29-15-14-26(5)31(44)21-29)40(51)46-24-43(7,8)42(53)56-34(20-25(3)4)41(52)55-33/h11,13-19,21,25,27,32-34,38-39H,9-10,12,20,22-24H2,1-8H3,(H,46,51)(H,47,48)/b13-11+. The minimum Gasteiger partial charge on any atom is -0.461 e. The van der Waals surface area contributed by atoms with Gasteiger partial charge in [0.25, 0.3) is 0 Å². The van der Waals surface area contributed by atoms with Crippen LogP contribution in [0.3, 0.4) is 0 Å². The molecule has 312 valence electrons. The van der Waals surface area contributed by atoms with Crippen molar-refractivity contribution in [2.75, 3.05) is 6.54 Å². The zero-order valence-corrected chi connectivity index (χ0v) is 35.5. The summed E-state index contributed by atoms with van der Waals surface area (Å²) in [6.45, 7) is 13.7. The number of hydrogen-bond donors (Lipinski definition) is 2. The molecule has 3 rings (SSSR count). The van der Waals surface area contributed by atoms with Crippen molar-refractivity contribution in [2.24, 2.45) is 17.3 Å². The minimum atomic E-state index is -1.31. The number of carbonyl (C=O) groups is 6. The summed E-state index contributed by atoms with van der Waals surface area (Å²) in [5.41, 5.74) is 1.59. The molecule has 0 bridgehead atoms. The third-order valence-electron chi connectivity index (χ3n) is 9.60. The van der Waals surface area contributed by atoms with E-state index in [2.05, 4.69) is 10.6 Å². The molecule has 0 radical (unpaired) electrons. The molecule has 6 atom stereocenters. The Bertz CT molecular complexity index is 1760. The fraction of sp³-hybridized carbons (Fsp3) is 0.535. The largest absolute Gasteiger partial charge is 0.461 e. The first kappa shape index (κ1) is 47.0. The zero-order valence-electron chi connectivity index (χ0n) is 34.0. The average molecular weight is 832 g/mol. The van der Waals surface area contributed by atoms with Crippen LogP contribution in [0.25, 0.3) is 0 Å². The van der Waals surface area contributed by atoms with Crippen LogP contribution in [0.15, 0.2) is 54.6 Å². The molecule has 0 fully saturated rings. The van der Waals surface area contributed by atoms with Crippen LogP contribution in [-0.2, 0) is 60.7 Å². The average Bonchev–Trinajstić information content (AvgIpc) is 3.17. The molecule has 2 amide bonds. The highest BCUT2D eigenvalue weighted by molar-refractivity contribution is 6.31. The Labute approximate surface area is 345 Å². The maximum atomic E-state index is 13.9. The van der Waals surface area contributed by atoms with Crippen LogP contribution in [0.4, 0.5) is 0 Å². The summed E-state index contributed by atoms with van der Waals surface area (Å²) in [6.07, 6.45) is -0.136. The molecular weight excluding hydrogens is 775 g/mol. The third-order valence-corrected chi connectivity index (χ3v) is 10.5. The second-order valence-electron chi connectivity index (χ2n) is 15.4. The Morgan fingerprint density at radius 2 is 1.60 bits per heavy atom. The van der Waals surface area contributed by atoms with Gasteiger partial charge in [0.1, 0.15) is 24.9 Å². The molecule has 0 aromatic heterocycles. The summed E-state index contributed by atoms with van der Waals surface area (Å²) in [4.78, 5) is 79.0. The summed E-state index contributed by atoms with van der Waals surface area (Å²) in [5, 5.41) is 5.10. The number of amides is 2. The van der Waals surface area contributed by atoms with Crippen molar-refractivity contribution < 1.29 is 47.7 Å². The molecule has 6 unspecified atom stereocenters. The third kappa shape index (κ3) is 14.5. The summed E-state index contributed by atoms with van der Waals surface area (Å²) in [7, 11) is 0. The Morgan fingerprint density at radius 1 is 0.947 bits per heavy atom. The van der Waals surface area contributed by atoms with Gasteiger partial charge in [-0.05, 0) is 67.5 Å². The first-order valence-electron chi connectivity index (χ1n) is 19.3. The van der Waals surface area contributed by atoms with Gasteiger partial charge in [-0.2, -0.15) is 0 Å². The first-order chi connectivity index (χ1) is 26.8. The van der Waals surface area contributed by atoms with Crippen molar-refractivity contribution in [1.82, 2.24) is 10.6 Å². The molecule has 0 saturated carbocycles. The van der Waals surface area contributed by atoms with Gasteiger partial charge in [-0.15, -0.1) is 11.6 Å². The van der Waals surface area contributed by atoms with E-state index in [0.717, 1.165) is 11.1 Å². The molecule has 12 nitrogen and oxygen atoms in total. The Balaban J connectivity index is 2.03. The van der Waals surface area contributed by atoms with Gasteiger partial charge in [-0.3, -0.25) is 24.0 Å². The quantitative estimate of drug-likeness (QED) is 0.122. The molecule has 57 heavy (non-hydrogen) atoms. The van der Waals surface area contributed by atoms with Crippen LogP contribution in [0.2, 0.25) is 5.02 Å². The maximum absolute atomic E-state index is 13.9. The molecule has 2 aromatic rings. The Kier molecular flexibility index (Phi) is 18.1. The van der Waals surface area contributed by atoms with Gasteiger partial charge >= 0.3 is 23.9 Å². The van der Waals surface area contributed by atoms with E-state index in [1.807, 2.05) is 32.9 Å². The lowest BCUT2D eigenvalue weighted by Gasteiger charge is -2.34. The van der Waals surface area contributed by atoms with E-state index < -0.39 is 70.8 Å². The highest BCUT2D eigenvalue weighted by atomic mass is 35.5. The van der Waals surface area contributed by atoms with Crippen molar-refractivity contribution in [3.05, 3.63) is 81.9 Å². The lowest BCUT2D eigenvalue weighted by atomic mass is 9.90. The van der Waals surface area contributed by atoms with Crippen LogP contribution in [0.5, 0.6) is 0 Å². The van der Waals surface area contributed by atoms with Gasteiger partial charge < -0.3 is 29.6 Å². The van der Waals surface area contributed by atoms with Crippen LogP contribution in [0.1, 0.15) is 102 Å². The maximum Gasteiger partial charge on any atom is 0.347 e. The lowest BCUT2D eigenvalue weighted by molar-refractivity contribution is -0.181.